The van der Waals surface area contributed by atoms with Crippen molar-refractivity contribution in [2.45, 2.75) is 44.3 Å². The number of rotatable bonds is 2. The Kier molecular flexibility index (Phi) is 5.55. The first-order chi connectivity index (χ1) is 15.0. The van der Waals surface area contributed by atoms with Crippen molar-refractivity contribution in [3.8, 4) is 0 Å². The third-order valence-corrected chi connectivity index (χ3v) is 5.48. The number of anilines is 3. The van der Waals surface area contributed by atoms with E-state index in [0.717, 1.165) is 15.5 Å². The van der Waals surface area contributed by atoms with Crippen molar-refractivity contribution < 1.29 is 31.1 Å². The molecule has 1 unspecified atom stereocenters. The van der Waals surface area contributed by atoms with Gasteiger partial charge in [0, 0.05) is 19.2 Å². The number of pyridine rings is 1. The second-order valence-electron chi connectivity index (χ2n) is 7.64. The summed E-state index contributed by atoms with van der Waals surface area (Å²) in [7, 11) is 0. The Bertz CT molecular complexity index is 1040. The summed E-state index contributed by atoms with van der Waals surface area (Å²) in [5, 5.41) is 0. The molecule has 0 spiro atoms. The van der Waals surface area contributed by atoms with Crippen LogP contribution >= 0.6 is 0 Å². The average Bonchev–Trinajstić information content (AvgIpc) is 2.72. The number of aromatic nitrogens is 3. The van der Waals surface area contributed by atoms with Crippen LogP contribution < -0.4 is 15.4 Å². The zero-order valence-electron chi connectivity index (χ0n) is 16.8. The van der Waals surface area contributed by atoms with Crippen LogP contribution in [0.1, 0.15) is 19.0 Å². The van der Waals surface area contributed by atoms with E-state index in [0.29, 0.717) is 32.0 Å². The molecule has 13 heteroatoms. The molecule has 0 N–H and O–H groups in total. The zero-order valence-corrected chi connectivity index (χ0v) is 16.8. The molecule has 2 aliphatic rings. The maximum Gasteiger partial charge on any atom is 0.433 e. The van der Waals surface area contributed by atoms with Crippen LogP contribution in [0.4, 0.5) is 43.8 Å². The molecule has 0 radical (unpaired) electrons. The third-order valence-electron chi connectivity index (χ3n) is 5.48. The Morgan fingerprint density at radius 2 is 1.88 bits per heavy atom. The van der Waals surface area contributed by atoms with Gasteiger partial charge in [-0.05, 0) is 25.5 Å². The smallest absolute Gasteiger partial charge is 0.377 e. The van der Waals surface area contributed by atoms with E-state index < -0.39 is 36.1 Å². The monoisotopic (exact) mass is 463 g/mol. The lowest BCUT2D eigenvalue weighted by Crippen LogP contribution is -2.51. The molecule has 0 amide bonds. The molecule has 2 aromatic rings. The van der Waals surface area contributed by atoms with Gasteiger partial charge in [-0.25, -0.2) is 4.98 Å². The van der Waals surface area contributed by atoms with Crippen molar-refractivity contribution in [2.24, 2.45) is 0 Å². The summed E-state index contributed by atoms with van der Waals surface area (Å²) in [6.07, 6.45) is -9.20. The number of hydrogen-bond acceptors (Lipinski definition) is 6. The minimum atomic E-state index is -4.74. The standard InChI is InChI=1S/C19H19F6N5O2/c1-11-10-32-7-6-28(11)15-8-16(31)29-5-4-14(19(23,24)25)30(17(29)27-15)12-2-3-13(26-9-12)18(20,21)22/h2-3,8-9,11,14H,4-7,10H2,1H3/t11-,14?/m1/s1. The molecule has 32 heavy (non-hydrogen) atoms. The predicted molar refractivity (Wildman–Crippen MR) is 102 cm³/mol. The Balaban J connectivity index is 1.84. The van der Waals surface area contributed by atoms with Gasteiger partial charge in [-0.2, -0.15) is 31.3 Å². The number of ether oxygens (including phenoxy) is 1. The molecule has 1 saturated heterocycles. The quantitative estimate of drug-likeness (QED) is 0.637. The lowest BCUT2D eigenvalue weighted by atomic mass is 10.1. The molecule has 174 valence electrons. The van der Waals surface area contributed by atoms with Gasteiger partial charge in [0.05, 0.1) is 31.1 Å². The highest BCUT2D eigenvalue weighted by molar-refractivity contribution is 5.61. The SMILES string of the molecule is C[C@@H]1COCCN1c1cc(=O)n2c(n1)N(c1ccc(C(F)(F)F)nc1)C(C(F)(F)F)CC2. The highest BCUT2D eigenvalue weighted by Crippen LogP contribution is 2.40. The van der Waals surface area contributed by atoms with Crippen LogP contribution in [0.2, 0.25) is 0 Å². The van der Waals surface area contributed by atoms with Gasteiger partial charge in [-0.1, -0.05) is 0 Å². The van der Waals surface area contributed by atoms with Crippen LogP contribution in [0.25, 0.3) is 0 Å². The molecule has 1 fully saturated rings. The molecule has 7 nitrogen and oxygen atoms in total. The van der Waals surface area contributed by atoms with Crippen LogP contribution in [0.3, 0.4) is 0 Å². The van der Waals surface area contributed by atoms with Gasteiger partial charge in [0.15, 0.2) is 0 Å². The average molecular weight is 463 g/mol. The number of morpholine rings is 1. The van der Waals surface area contributed by atoms with Gasteiger partial charge in [0.1, 0.15) is 17.6 Å². The summed E-state index contributed by atoms with van der Waals surface area (Å²) >= 11 is 0. The van der Waals surface area contributed by atoms with Gasteiger partial charge >= 0.3 is 12.4 Å². The molecule has 2 atom stereocenters. The van der Waals surface area contributed by atoms with Gasteiger partial charge in [-0.3, -0.25) is 14.3 Å². The molecular weight excluding hydrogens is 444 g/mol. The fraction of sp³-hybridized carbons (Fsp3) is 0.526. The molecule has 0 bridgehead atoms. The van der Waals surface area contributed by atoms with E-state index in [9.17, 15) is 31.1 Å². The summed E-state index contributed by atoms with van der Waals surface area (Å²) < 4.78 is 86.7. The first-order valence-corrected chi connectivity index (χ1v) is 9.82. The van der Waals surface area contributed by atoms with E-state index in [1.807, 2.05) is 6.92 Å². The van der Waals surface area contributed by atoms with E-state index in [4.69, 9.17) is 4.74 Å². The van der Waals surface area contributed by atoms with Crippen LogP contribution in [0.15, 0.2) is 29.2 Å². The van der Waals surface area contributed by atoms with Gasteiger partial charge < -0.3 is 9.64 Å². The predicted octanol–water partition coefficient (Wildman–Crippen LogP) is 3.35. The number of hydrogen-bond donors (Lipinski definition) is 0. The fourth-order valence-corrected chi connectivity index (χ4v) is 3.91. The minimum absolute atomic E-state index is 0.165. The molecular formula is C19H19F6N5O2. The number of nitrogens with zero attached hydrogens (tertiary/aromatic N) is 5. The summed E-state index contributed by atoms with van der Waals surface area (Å²) in [4.78, 5) is 22.9. The highest BCUT2D eigenvalue weighted by Gasteiger charge is 2.48. The van der Waals surface area contributed by atoms with Crippen LogP contribution in [-0.4, -0.2) is 52.6 Å². The summed E-state index contributed by atoms with van der Waals surface area (Å²) in [5.74, 6) is -0.105. The van der Waals surface area contributed by atoms with Crippen molar-refractivity contribution in [1.82, 2.24) is 14.5 Å². The highest BCUT2D eigenvalue weighted by atomic mass is 19.4. The first-order valence-electron chi connectivity index (χ1n) is 9.82. The van der Waals surface area contributed by atoms with E-state index >= 15 is 0 Å². The largest absolute Gasteiger partial charge is 0.433 e. The van der Waals surface area contributed by atoms with Crippen LogP contribution in [0, 0.1) is 0 Å². The molecule has 4 rings (SSSR count). The topological polar surface area (TPSA) is 63.5 Å². The number of alkyl halides is 6. The van der Waals surface area contributed by atoms with Crippen LogP contribution in [-0.2, 0) is 17.5 Å². The lowest BCUT2D eigenvalue weighted by Gasteiger charge is -2.40. The molecule has 0 aromatic carbocycles. The first kappa shape index (κ1) is 22.4. The fourth-order valence-electron chi connectivity index (χ4n) is 3.91. The Morgan fingerprint density at radius 1 is 1.12 bits per heavy atom. The molecule has 0 aliphatic carbocycles. The Morgan fingerprint density at radius 3 is 2.47 bits per heavy atom. The van der Waals surface area contributed by atoms with Crippen LogP contribution in [0.5, 0.6) is 0 Å². The molecule has 2 aliphatic heterocycles. The molecule has 4 heterocycles. The Hall–Kier alpha value is -2.83. The third kappa shape index (κ3) is 4.12. The second kappa shape index (κ2) is 7.94. The minimum Gasteiger partial charge on any atom is -0.377 e. The van der Waals surface area contributed by atoms with E-state index in [1.54, 1.807) is 4.90 Å². The zero-order chi connectivity index (χ0) is 23.3. The second-order valence-corrected chi connectivity index (χ2v) is 7.64. The van der Waals surface area contributed by atoms with Crippen molar-refractivity contribution in [1.29, 1.82) is 0 Å². The maximum absolute atomic E-state index is 13.9. The lowest BCUT2D eigenvalue weighted by molar-refractivity contribution is -0.150. The van der Waals surface area contributed by atoms with Crippen molar-refractivity contribution in [2.75, 3.05) is 29.6 Å². The normalized spacial score (nSPS) is 22.1. The van der Waals surface area contributed by atoms with E-state index in [2.05, 4.69) is 9.97 Å². The van der Waals surface area contributed by atoms with E-state index in [1.165, 1.54) is 6.07 Å². The van der Waals surface area contributed by atoms with Crippen molar-refractivity contribution >= 4 is 17.5 Å². The molecule has 2 aromatic heterocycles. The summed E-state index contributed by atoms with van der Waals surface area (Å²) in [6.45, 7) is 2.71. The summed E-state index contributed by atoms with van der Waals surface area (Å²) in [5.41, 5.74) is -2.02. The van der Waals surface area contributed by atoms with Crippen molar-refractivity contribution in [3.05, 3.63) is 40.4 Å². The molecule has 0 saturated carbocycles. The van der Waals surface area contributed by atoms with Gasteiger partial charge in [-0.15, -0.1) is 0 Å². The van der Waals surface area contributed by atoms with Gasteiger partial charge in [0.2, 0.25) is 5.95 Å². The van der Waals surface area contributed by atoms with Crippen molar-refractivity contribution in [3.63, 3.8) is 0 Å². The maximum atomic E-state index is 13.9. The number of fused-ring (bicyclic) bond motifs is 1. The Labute approximate surface area is 178 Å². The van der Waals surface area contributed by atoms with E-state index in [-0.39, 0.29) is 30.0 Å². The summed E-state index contributed by atoms with van der Waals surface area (Å²) in [6, 6.07) is 0.517. The van der Waals surface area contributed by atoms with Gasteiger partial charge in [0.25, 0.3) is 5.56 Å². The number of halogens is 6.